The predicted octanol–water partition coefficient (Wildman–Crippen LogP) is 4.09. The van der Waals surface area contributed by atoms with Crippen molar-refractivity contribution in [2.75, 3.05) is 5.32 Å². The molecule has 0 aromatic carbocycles. The van der Waals surface area contributed by atoms with Crippen LogP contribution in [0.2, 0.25) is 0 Å². The van der Waals surface area contributed by atoms with Gasteiger partial charge in [-0.1, -0.05) is 6.07 Å². The SMILES string of the molecule is CC(C)Oc1ccc(CNc2ccnc3ccsc23)cn1. The van der Waals surface area contributed by atoms with E-state index in [1.807, 2.05) is 50.5 Å². The van der Waals surface area contributed by atoms with Crippen molar-refractivity contribution in [3.05, 3.63) is 47.6 Å². The average molecular weight is 299 g/mol. The minimum absolute atomic E-state index is 0.144. The smallest absolute Gasteiger partial charge is 0.213 e. The minimum Gasteiger partial charge on any atom is -0.475 e. The molecule has 0 bridgehead atoms. The number of nitrogens with zero attached hydrogens (tertiary/aromatic N) is 2. The van der Waals surface area contributed by atoms with E-state index in [-0.39, 0.29) is 6.10 Å². The second kappa shape index (κ2) is 6.10. The standard InChI is InChI=1S/C16H17N3OS/c1-11(2)20-15-4-3-12(10-19-15)9-18-13-5-7-17-14-6-8-21-16(13)14/h3-8,10-11H,9H2,1-2H3,(H,17,18). The number of anilines is 1. The van der Waals surface area contributed by atoms with Gasteiger partial charge in [0.15, 0.2) is 0 Å². The Labute approximate surface area is 127 Å². The summed E-state index contributed by atoms with van der Waals surface area (Å²) in [5.41, 5.74) is 3.26. The van der Waals surface area contributed by atoms with Gasteiger partial charge in [0.05, 0.1) is 22.0 Å². The summed E-state index contributed by atoms with van der Waals surface area (Å²) < 4.78 is 6.73. The molecule has 21 heavy (non-hydrogen) atoms. The lowest BCUT2D eigenvalue weighted by atomic mass is 10.2. The largest absolute Gasteiger partial charge is 0.475 e. The van der Waals surface area contributed by atoms with E-state index in [0.29, 0.717) is 5.88 Å². The summed E-state index contributed by atoms with van der Waals surface area (Å²) in [4.78, 5) is 8.65. The van der Waals surface area contributed by atoms with Crippen molar-refractivity contribution in [2.45, 2.75) is 26.5 Å². The van der Waals surface area contributed by atoms with E-state index in [9.17, 15) is 0 Å². The summed E-state index contributed by atoms with van der Waals surface area (Å²) >= 11 is 1.70. The summed E-state index contributed by atoms with van der Waals surface area (Å²) in [6.07, 6.45) is 3.82. The number of aromatic nitrogens is 2. The van der Waals surface area contributed by atoms with Gasteiger partial charge in [-0.05, 0) is 36.9 Å². The van der Waals surface area contributed by atoms with Gasteiger partial charge in [-0.15, -0.1) is 11.3 Å². The molecule has 0 radical (unpaired) electrons. The van der Waals surface area contributed by atoms with Crippen molar-refractivity contribution in [3.8, 4) is 5.88 Å². The van der Waals surface area contributed by atoms with Crippen molar-refractivity contribution in [3.63, 3.8) is 0 Å². The highest BCUT2D eigenvalue weighted by Crippen LogP contribution is 2.27. The second-order valence-electron chi connectivity index (χ2n) is 5.02. The van der Waals surface area contributed by atoms with Gasteiger partial charge in [0.1, 0.15) is 0 Å². The van der Waals surface area contributed by atoms with Crippen molar-refractivity contribution in [2.24, 2.45) is 0 Å². The number of nitrogens with one attached hydrogen (secondary N) is 1. The van der Waals surface area contributed by atoms with Crippen molar-refractivity contribution in [1.82, 2.24) is 9.97 Å². The molecule has 0 spiro atoms. The Morgan fingerprint density at radius 2 is 2.10 bits per heavy atom. The first-order chi connectivity index (χ1) is 10.2. The first kappa shape index (κ1) is 13.8. The third-order valence-corrected chi connectivity index (χ3v) is 3.92. The molecular weight excluding hydrogens is 282 g/mol. The van der Waals surface area contributed by atoms with E-state index in [1.54, 1.807) is 11.3 Å². The van der Waals surface area contributed by atoms with Gasteiger partial charge >= 0.3 is 0 Å². The zero-order chi connectivity index (χ0) is 14.7. The molecule has 0 saturated carbocycles. The van der Waals surface area contributed by atoms with E-state index in [2.05, 4.69) is 20.7 Å². The Balaban J connectivity index is 1.68. The molecule has 0 fully saturated rings. The summed E-state index contributed by atoms with van der Waals surface area (Å²) in [7, 11) is 0. The van der Waals surface area contributed by atoms with Gasteiger partial charge in [0, 0.05) is 25.0 Å². The van der Waals surface area contributed by atoms with Gasteiger partial charge < -0.3 is 10.1 Å². The first-order valence-corrected chi connectivity index (χ1v) is 7.78. The molecule has 108 valence electrons. The molecule has 3 heterocycles. The molecule has 3 rings (SSSR count). The van der Waals surface area contributed by atoms with Crippen LogP contribution in [-0.2, 0) is 6.54 Å². The van der Waals surface area contributed by atoms with Gasteiger partial charge in [0.25, 0.3) is 0 Å². The highest BCUT2D eigenvalue weighted by molar-refractivity contribution is 7.17. The highest BCUT2D eigenvalue weighted by atomic mass is 32.1. The first-order valence-electron chi connectivity index (χ1n) is 6.90. The fraction of sp³-hybridized carbons (Fsp3) is 0.250. The maximum atomic E-state index is 5.54. The van der Waals surface area contributed by atoms with Crippen LogP contribution in [0.3, 0.4) is 0 Å². The van der Waals surface area contributed by atoms with Crippen LogP contribution in [0.4, 0.5) is 5.69 Å². The molecule has 4 nitrogen and oxygen atoms in total. The number of hydrogen-bond acceptors (Lipinski definition) is 5. The lowest BCUT2D eigenvalue weighted by Gasteiger charge is -2.10. The predicted molar refractivity (Wildman–Crippen MR) is 86.9 cm³/mol. The van der Waals surface area contributed by atoms with Crippen LogP contribution in [0.15, 0.2) is 42.0 Å². The summed E-state index contributed by atoms with van der Waals surface area (Å²) in [6.45, 7) is 4.71. The van der Waals surface area contributed by atoms with Crippen LogP contribution in [0.25, 0.3) is 10.2 Å². The third-order valence-electron chi connectivity index (χ3n) is 2.98. The van der Waals surface area contributed by atoms with Crippen LogP contribution >= 0.6 is 11.3 Å². The summed E-state index contributed by atoms with van der Waals surface area (Å²) in [5.74, 6) is 0.665. The van der Waals surface area contributed by atoms with Gasteiger partial charge in [0.2, 0.25) is 5.88 Å². The van der Waals surface area contributed by atoms with Crippen molar-refractivity contribution < 1.29 is 4.74 Å². The van der Waals surface area contributed by atoms with Crippen LogP contribution < -0.4 is 10.1 Å². The Morgan fingerprint density at radius 1 is 1.19 bits per heavy atom. The monoisotopic (exact) mass is 299 g/mol. The number of hydrogen-bond donors (Lipinski definition) is 1. The van der Waals surface area contributed by atoms with Crippen LogP contribution in [-0.4, -0.2) is 16.1 Å². The van der Waals surface area contributed by atoms with Crippen molar-refractivity contribution in [1.29, 1.82) is 0 Å². The molecule has 3 aromatic heterocycles. The zero-order valence-electron chi connectivity index (χ0n) is 12.0. The maximum absolute atomic E-state index is 5.54. The molecule has 0 saturated heterocycles. The molecule has 0 atom stereocenters. The quantitative estimate of drug-likeness (QED) is 0.771. The maximum Gasteiger partial charge on any atom is 0.213 e. The molecule has 0 aliphatic heterocycles. The molecular formula is C16H17N3OS. The molecule has 0 amide bonds. The molecule has 0 unspecified atom stereocenters. The van der Waals surface area contributed by atoms with Crippen molar-refractivity contribution >= 4 is 27.2 Å². The van der Waals surface area contributed by atoms with Gasteiger partial charge in [-0.3, -0.25) is 4.98 Å². The Morgan fingerprint density at radius 3 is 2.86 bits per heavy atom. The molecule has 5 heteroatoms. The van der Waals surface area contributed by atoms with Crippen LogP contribution in [0.5, 0.6) is 5.88 Å². The molecule has 1 N–H and O–H groups in total. The van der Waals surface area contributed by atoms with E-state index in [0.717, 1.165) is 23.3 Å². The van der Waals surface area contributed by atoms with E-state index >= 15 is 0 Å². The topological polar surface area (TPSA) is 47.0 Å². The molecule has 3 aromatic rings. The highest BCUT2D eigenvalue weighted by Gasteiger charge is 2.04. The van der Waals surface area contributed by atoms with E-state index < -0.39 is 0 Å². The number of pyridine rings is 2. The normalized spacial score (nSPS) is 11.0. The lowest BCUT2D eigenvalue weighted by molar-refractivity contribution is 0.232. The van der Waals surface area contributed by atoms with E-state index in [4.69, 9.17) is 4.74 Å². The fourth-order valence-electron chi connectivity index (χ4n) is 2.04. The van der Waals surface area contributed by atoms with Gasteiger partial charge in [-0.2, -0.15) is 0 Å². The number of rotatable bonds is 5. The van der Waals surface area contributed by atoms with E-state index in [1.165, 1.54) is 4.70 Å². The summed E-state index contributed by atoms with van der Waals surface area (Å²) in [6, 6.07) is 7.97. The molecule has 0 aliphatic carbocycles. The number of fused-ring (bicyclic) bond motifs is 1. The minimum atomic E-state index is 0.144. The Hall–Kier alpha value is -2.14. The average Bonchev–Trinajstić information content (AvgIpc) is 2.95. The molecule has 0 aliphatic rings. The third kappa shape index (κ3) is 3.31. The zero-order valence-corrected chi connectivity index (χ0v) is 12.9. The number of thiophene rings is 1. The van der Waals surface area contributed by atoms with Crippen LogP contribution in [0.1, 0.15) is 19.4 Å². The number of ether oxygens (including phenoxy) is 1. The Kier molecular flexibility index (Phi) is 4.01. The lowest BCUT2D eigenvalue weighted by Crippen LogP contribution is -2.07. The summed E-state index contributed by atoms with van der Waals surface area (Å²) in [5, 5.41) is 5.50. The van der Waals surface area contributed by atoms with Crippen LogP contribution in [0, 0.1) is 0 Å². The van der Waals surface area contributed by atoms with Gasteiger partial charge in [-0.25, -0.2) is 4.98 Å². The Bertz CT molecular complexity index is 722. The second-order valence-corrected chi connectivity index (χ2v) is 5.93. The fourth-order valence-corrected chi connectivity index (χ4v) is 2.88.